The summed E-state index contributed by atoms with van der Waals surface area (Å²) in [5, 5.41) is 3.03. The van der Waals surface area contributed by atoms with Crippen LogP contribution in [-0.4, -0.2) is 61.9 Å². The van der Waals surface area contributed by atoms with Crippen LogP contribution in [0.25, 0.3) is 0 Å². The predicted octanol–water partition coefficient (Wildman–Crippen LogP) is 1.09. The van der Waals surface area contributed by atoms with E-state index in [1.165, 1.54) is 6.42 Å². The van der Waals surface area contributed by atoms with Crippen molar-refractivity contribution in [2.75, 3.05) is 40.3 Å². The minimum absolute atomic E-state index is 0.0924. The first-order valence-electron chi connectivity index (χ1n) is 8.29. The molecule has 1 aliphatic heterocycles. The topological polar surface area (TPSA) is 52.7 Å². The third-order valence-corrected chi connectivity index (χ3v) is 4.71. The van der Waals surface area contributed by atoms with E-state index in [1.54, 1.807) is 0 Å². The van der Waals surface area contributed by atoms with Crippen molar-refractivity contribution in [2.24, 2.45) is 11.8 Å². The number of piperidine rings is 1. The van der Waals surface area contributed by atoms with E-state index in [9.17, 15) is 9.59 Å². The maximum atomic E-state index is 12.2. The highest BCUT2D eigenvalue weighted by atomic mass is 16.2. The van der Waals surface area contributed by atoms with Crippen molar-refractivity contribution in [3.05, 3.63) is 0 Å². The molecule has 21 heavy (non-hydrogen) atoms. The standard InChI is InChI=1S/C16H29N3O2/c1-18(2)10-4-9-17-15(20)13-7-11-19(12-8-13)16(21)14-5-3-6-14/h13-14H,3-12H2,1-2H3,(H,17,20). The monoisotopic (exact) mass is 295 g/mol. The molecule has 0 atom stereocenters. The quantitative estimate of drug-likeness (QED) is 0.746. The number of carbonyl (C=O) groups excluding carboxylic acids is 2. The summed E-state index contributed by atoms with van der Waals surface area (Å²) in [4.78, 5) is 28.3. The Balaban J connectivity index is 1.63. The largest absolute Gasteiger partial charge is 0.356 e. The Labute approximate surface area is 128 Å². The van der Waals surface area contributed by atoms with E-state index < -0.39 is 0 Å². The molecule has 2 rings (SSSR count). The molecule has 2 fully saturated rings. The van der Waals surface area contributed by atoms with Gasteiger partial charge in [0.1, 0.15) is 0 Å². The normalized spacial score (nSPS) is 20.4. The molecule has 0 spiro atoms. The molecule has 1 saturated carbocycles. The summed E-state index contributed by atoms with van der Waals surface area (Å²) in [6.45, 7) is 3.25. The second kappa shape index (κ2) is 7.78. The third kappa shape index (κ3) is 4.70. The molecule has 1 saturated heterocycles. The van der Waals surface area contributed by atoms with E-state index in [0.29, 0.717) is 5.91 Å². The van der Waals surface area contributed by atoms with Gasteiger partial charge in [0.2, 0.25) is 11.8 Å². The fraction of sp³-hybridized carbons (Fsp3) is 0.875. The van der Waals surface area contributed by atoms with Gasteiger partial charge in [0.05, 0.1) is 0 Å². The van der Waals surface area contributed by atoms with Crippen molar-refractivity contribution >= 4 is 11.8 Å². The summed E-state index contributed by atoms with van der Waals surface area (Å²) in [7, 11) is 4.08. The molecule has 0 aromatic heterocycles. The molecule has 0 bridgehead atoms. The van der Waals surface area contributed by atoms with Crippen molar-refractivity contribution in [2.45, 2.75) is 38.5 Å². The molecule has 5 nitrogen and oxygen atoms in total. The van der Waals surface area contributed by atoms with Gasteiger partial charge in [-0.2, -0.15) is 0 Å². The maximum absolute atomic E-state index is 12.2. The molecule has 0 aromatic carbocycles. The highest BCUT2D eigenvalue weighted by Crippen LogP contribution is 2.29. The van der Waals surface area contributed by atoms with Crippen LogP contribution in [0, 0.1) is 11.8 Å². The van der Waals surface area contributed by atoms with Gasteiger partial charge in [-0.15, -0.1) is 0 Å². The molecule has 120 valence electrons. The lowest BCUT2D eigenvalue weighted by Gasteiger charge is -2.36. The minimum atomic E-state index is 0.0924. The second-order valence-electron chi connectivity index (χ2n) is 6.68. The van der Waals surface area contributed by atoms with Crippen LogP contribution in [0.3, 0.4) is 0 Å². The Morgan fingerprint density at radius 2 is 1.76 bits per heavy atom. The van der Waals surface area contributed by atoms with Crippen LogP contribution in [0.2, 0.25) is 0 Å². The van der Waals surface area contributed by atoms with Crippen LogP contribution < -0.4 is 5.32 Å². The molecule has 0 radical (unpaired) electrons. The zero-order valence-corrected chi connectivity index (χ0v) is 13.4. The average molecular weight is 295 g/mol. The Hall–Kier alpha value is -1.10. The Morgan fingerprint density at radius 3 is 2.29 bits per heavy atom. The van der Waals surface area contributed by atoms with E-state index in [-0.39, 0.29) is 17.7 Å². The molecule has 2 aliphatic rings. The highest BCUT2D eigenvalue weighted by Gasteiger charge is 2.33. The van der Waals surface area contributed by atoms with Gasteiger partial charge in [0.25, 0.3) is 0 Å². The molecular formula is C16H29N3O2. The molecule has 1 heterocycles. The molecule has 2 amide bonds. The number of likely N-dealkylation sites (tertiary alicyclic amines) is 1. The summed E-state index contributed by atoms with van der Waals surface area (Å²) in [6, 6.07) is 0. The van der Waals surface area contributed by atoms with Crippen molar-refractivity contribution in [1.29, 1.82) is 0 Å². The van der Waals surface area contributed by atoms with Crippen molar-refractivity contribution in [3.63, 3.8) is 0 Å². The smallest absolute Gasteiger partial charge is 0.225 e. The summed E-state index contributed by atoms with van der Waals surface area (Å²) in [6.07, 6.45) is 5.94. The maximum Gasteiger partial charge on any atom is 0.225 e. The van der Waals surface area contributed by atoms with Gasteiger partial charge in [0.15, 0.2) is 0 Å². The van der Waals surface area contributed by atoms with Crippen molar-refractivity contribution < 1.29 is 9.59 Å². The Kier molecular flexibility index (Phi) is 6.03. The first kappa shape index (κ1) is 16.3. The Bertz CT molecular complexity index is 359. The van der Waals surface area contributed by atoms with Gasteiger partial charge in [-0.25, -0.2) is 0 Å². The van der Waals surface area contributed by atoms with Gasteiger partial charge >= 0.3 is 0 Å². The number of hydrogen-bond donors (Lipinski definition) is 1. The van der Waals surface area contributed by atoms with Crippen LogP contribution in [0.5, 0.6) is 0 Å². The van der Waals surface area contributed by atoms with Crippen LogP contribution in [0.4, 0.5) is 0 Å². The van der Waals surface area contributed by atoms with Gasteiger partial charge in [-0.3, -0.25) is 9.59 Å². The van der Waals surface area contributed by atoms with Gasteiger partial charge < -0.3 is 15.1 Å². The molecular weight excluding hydrogens is 266 g/mol. The summed E-state index contributed by atoms with van der Waals surface area (Å²) >= 11 is 0. The van der Waals surface area contributed by atoms with Gasteiger partial charge in [-0.05, 0) is 52.7 Å². The number of carbonyl (C=O) groups is 2. The summed E-state index contributed by atoms with van der Waals surface area (Å²) in [5.74, 6) is 0.867. The van der Waals surface area contributed by atoms with Crippen LogP contribution in [0.15, 0.2) is 0 Å². The van der Waals surface area contributed by atoms with E-state index in [1.807, 2.05) is 19.0 Å². The number of nitrogens with zero attached hydrogens (tertiary/aromatic N) is 2. The van der Waals surface area contributed by atoms with E-state index >= 15 is 0 Å². The lowest BCUT2D eigenvalue weighted by molar-refractivity contribution is -0.141. The summed E-state index contributed by atoms with van der Waals surface area (Å²) in [5.41, 5.74) is 0. The molecule has 0 aromatic rings. The van der Waals surface area contributed by atoms with Crippen LogP contribution in [-0.2, 0) is 9.59 Å². The lowest BCUT2D eigenvalue weighted by Crippen LogP contribution is -2.46. The van der Waals surface area contributed by atoms with Crippen LogP contribution >= 0.6 is 0 Å². The number of rotatable bonds is 6. The number of hydrogen-bond acceptors (Lipinski definition) is 3. The fourth-order valence-electron chi connectivity index (χ4n) is 3.03. The highest BCUT2D eigenvalue weighted by molar-refractivity contribution is 5.81. The average Bonchev–Trinajstić information content (AvgIpc) is 2.41. The van der Waals surface area contributed by atoms with E-state index in [4.69, 9.17) is 0 Å². The first-order chi connectivity index (χ1) is 10.1. The predicted molar refractivity (Wildman–Crippen MR) is 82.8 cm³/mol. The fourth-order valence-corrected chi connectivity index (χ4v) is 3.03. The Morgan fingerprint density at radius 1 is 1.10 bits per heavy atom. The van der Waals surface area contributed by atoms with Crippen molar-refractivity contribution in [1.82, 2.24) is 15.1 Å². The molecule has 0 unspecified atom stereocenters. The van der Waals surface area contributed by atoms with Crippen molar-refractivity contribution in [3.8, 4) is 0 Å². The summed E-state index contributed by atoms with van der Waals surface area (Å²) < 4.78 is 0. The lowest BCUT2D eigenvalue weighted by atomic mass is 9.83. The zero-order chi connectivity index (χ0) is 15.2. The number of amides is 2. The second-order valence-corrected chi connectivity index (χ2v) is 6.68. The van der Waals surface area contributed by atoms with Crippen LogP contribution in [0.1, 0.15) is 38.5 Å². The SMILES string of the molecule is CN(C)CCCNC(=O)C1CCN(C(=O)C2CCC2)CC1. The molecule has 1 aliphatic carbocycles. The van der Waals surface area contributed by atoms with Gasteiger partial charge in [0, 0.05) is 31.5 Å². The minimum Gasteiger partial charge on any atom is -0.356 e. The molecule has 5 heteroatoms. The number of nitrogens with one attached hydrogen (secondary N) is 1. The van der Waals surface area contributed by atoms with E-state index in [0.717, 1.165) is 58.3 Å². The third-order valence-electron chi connectivity index (χ3n) is 4.71. The first-order valence-corrected chi connectivity index (χ1v) is 8.29. The zero-order valence-electron chi connectivity index (χ0n) is 13.4. The molecule has 1 N–H and O–H groups in total. The van der Waals surface area contributed by atoms with Gasteiger partial charge in [-0.1, -0.05) is 6.42 Å². The van der Waals surface area contributed by atoms with E-state index in [2.05, 4.69) is 10.2 Å².